The first kappa shape index (κ1) is 23.1. The van der Waals surface area contributed by atoms with E-state index in [9.17, 15) is 21.6 Å². The average Bonchev–Trinajstić information content (AvgIpc) is 2.77. The van der Waals surface area contributed by atoms with Gasteiger partial charge in [0.25, 0.3) is 0 Å². The van der Waals surface area contributed by atoms with Gasteiger partial charge < -0.3 is 10.1 Å². The lowest BCUT2D eigenvalue weighted by molar-refractivity contribution is -0.119. The molecule has 1 aliphatic heterocycles. The second-order valence-corrected chi connectivity index (χ2v) is 10.8. The van der Waals surface area contributed by atoms with Crippen LogP contribution >= 0.6 is 0 Å². The normalized spacial score (nSPS) is 15.4. The minimum atomic E-state index is -3.78. The molecule has 1 aliphatic rings. The molecule has 0 bridgehead atoms. The van der Waals surface area contributed by atoms with Crippen molar-refractivity contribution < 1.29 is 26.4 Å². The molecule has 0 atom stereocenters. The van der Waals surface area contributed by atoms with Crippen LogP contribution in [0.2, 0.25) is 0 Å². The number of hydrogen-bond acceptors (Lipinski definition) is 7. The molecule has 0 radical (unpaired) electrons. The summed E-state index contributed by atoms with van der Waals surface area (Å²) in [6, 6.07) is 8.92. The fourth-order valence-electron chi connectivity index (χ4n) is 3.01. The molecule has 0 saturated carbocycles. The van der Waals surface area contributed by atoms with Gasteiger partial charge in [-0.2, -0.15) is 4.31 Å². The number of morpholine rings is 1. The van der Waals surface area contributed by atoms with E-state index in [-0.39, 0.29) is 30.2 Å². The summed E-state index contributed by atoms with van der Waals surface area (Å²) < 4.78 is 57.4. The molecule has 2 aromatic rings. The molecule has 10 nitrogen and oxygen atoms in total. The number of benzene rings is 1. The Morgan fingerprint density at radius 2 is 1.68 bits per heavy atom. The highest BCUT2D eigenvalue weighted by molar-refractivity contribution is 7.92. The minimum absolute atomic E-state index is 0.0498. The highest BCUT2D eigenvalue weighted by Crippen LogP contribution is 2.23. The van der Waals surface area contributed by atoms with E-state index in [0.717, 1.165) is 16.1 Å². The summed E-state index contributed by atoms with van der Waals surface area (Å²) in [6.07, 6.45) is 4.18. The van der Waals surface area contributed by atoms with E-state index in [1.807, 2.05) is 0 Å². The minimum Gasteiger partial charge on any atom is -0.379 e. The number of nitrogens with zero attached hydrogens (tertiary/aromatic N) is 3. The lowest BCUT2D eigenvalue weighted by atomic mass is 10.3. The third-order valence-corrected chi connectivity index (χ3v) is 7.71. The molecule has 0 aliphatic carbocycles. The molecule has 0 spiro atoms. The number of pyridine rings is 1. The summed E-state index contributed by atoms with van der Waals surface area (Å²) in [5.41, 5.74) is 1.02. The van der Waals surface area contributed by atoms with Gasteiger partial charge in [-0.1, -0.05) is 0 Å². The van der Waals surface area contributed by atoms with Crippen LogP contribution in [0.5, 0.6) is 0 Å². The number of hydrogen-bond donors (Lipinski definition) is 1. The summed E-state index contributed by atoms with van der Waals surface area (Å²) in [5, 5.41) is 2.66. The van der Waals surface area contributed by atoms with Gasteiger partial charge in [-0.3, -0.25) is 14.1 Å². The molecule has 1 fully saturated rings. The maximum Gasteiger partial charge on any atom is 0.243 e. The topological polar surface area (TPSA) is 126 Å². The Labute approximate surface area is 181 Å². The average molecular weight is 469 g/mol. The zero-order valence-electron chi connectivity index (χ0n) is 17.0. The summed E-state index contributed by atoms with van der Waals surface area (Å²) in [6.45, 7) is 0.977. The molecule has 2 heterocycles. The van der Waals surface area contributed by atoms with Crippen LogP contribution in [0.1, 0.15) is 5.56 Å². The first-order valence-electron chi connectivity index (χ1n) is 9.49. The maximum atomic E-state index is 12.7. The summed E-state index contributed by atoms with van der Waals surface area (Å²) in [7, 11) is -7.48. The number of sulfonamides is 2. The van der Waals surface area contributed by atoms with E-state index in [0.29, 0.717) is 13.2 Å². The summed E-state index contributed by atoms with van der Waals surface area (Å²) in [4.78, 5) is 16.3. The Balaban J connectivity index is 1.73. The third-order valence-electron chi connectivity index (χ3n) is 4.66. The van der Waals surface area contributed by atoms with Crippen LogP contribution in [0.4, 0.5) is 5.69 Å². The molecule has 0 unspecified atom stereocenters. The number of ether oxygens (including phenoxy) is 1. The predicted molar refractivity (Wildman–Crippen MR) is 114 cm³/mol. The van der Waals surface area contributed by atoms with Gasteiger partial charge in [-0.15, -0.1) is 0 Å². The SMILES string of the molecule is CS(=O)(=O)N(CC(=O)NCc1ccncc1)c1ccc(S(=O)(=O)N2CCOCC2)cc1. The van der Waals surface area contributed by atoms with Crippen molar-refractivity contribution in [2.24, 2.45) is 0 Å². The zero-order chi connectivity index (χ0) is 22.5. The summed E-state index contributed by atoms with van der Waals surface area (Å²) >= 11 is 0. The number of carbonyl (C=O) groups excluding carboxylic acids is 1. The molecule has 168 valence electrons. The van der Waals surface area contributed by atoms with E-state index in [2.05, 4.69) is 10.3 Å². The fraction of sp³-hybridized carbons (Fsp3) is 0.368. The van der Waals surface area contributed by atoms with Crippen LogP contribution in [0.25, 0.3) is 0 Å². The van der Waals surface area contributed by atoms with Gasteiger partial charge in [0.2, 0.25) is 26.0 Å². The Kier molecular flexibility index (Phi) is 7.26. The Bertz CT molecular complexity index is 1100. The maximum absolute atomic E-state index is 12.7. The lowest BCUT2D eigenvalue weighted by Crippen LogP contribution is -2.41. The van der Waals surface area contributed by atoms with Crippen molar-refractivity contribution in [2.45, 2.75) is 11.4 Å². The van der Waals surface area contributed by atoms with Crippen molar-refractivity contribution in [1.29, 1.82) is 0 Å². The number of rotatable bonds is 8. The lowest BCUT2D eigenvalue weighted by Gasteiger charge is -2.26. The van der Waals surface area contributed by atoms with E-state index < -0.39 is 32.5 Å². The van der Waals surface area contributed by atoms with Gasteiger partial charge in [0, 0.05) is 32.0 Å². The molecule has 1 aromatic carbocycles. The monoisotopic (exact) mass is 468 g/mol. The van der Waals surface area contributed by atoms with E-state index in [4.69, 9.17) is 4.74 Å². The van der Waals surface area contributed by atoms with Crippen molar-refractivity contribution in [3.63, 3.8) is 0 Å². The Hall–Kier alpha value is -2.54. The molecular weight excluding hydrogens is 444 g/mol. The summed E-state index contributed by atoms with van der Waals surface area (Å²) in [5.74, 6) is -0.493. The third kappa shape index (κ3) is 6.00. The Morgan fingerprint density at radius 1 is 1.06 bits per heavy atom. The molecule has 31 heavy (non-hydrogen) atoms. The zero-order valence-corrected chi connectivity index (χ0v) is 18.6. The number of nitrogens with one attached hydrogen (secondary N) is 1. The Morgan fingerprint density at radius 3 is 2.26 bits per heavy atom. The van der Waals surface area contributed by atoms with Crippen molar-refractivity contribution in [3.05, 3.63) is 54.4 Å². The molecule has 3 rings (SSSR count). The van der Waals surface area contributed by atoms with E-state index in [1.54, 1.807) is 24.5 Å². The van der Waals surface area contributed by atoms with Gasteiger partial charge >= 0.3 is 0 Å². The van der Waals surface area contributed by atoms with E-state index >= 15 is 0 Å². The first-order chi connectivity index (χ1) is 14.7. The van der Waals surface area contributed by atoms with Gasteiger partial charge in [0.05, 0.1) is 30.1 Å². The van der Waals surface area contributed by atoms with Crippen LogP contribution in [0.15, 0.2) is 53.7 Å². The van der Waals surface area contributed by atoms with Crippen LogP contribution in [-0.4, -0.2) is 71.1 Å². The van der Waals surface area contributed by atoms with Crippen molar-refractivity contribution in [2.75, 3.05) is 43.4 Å². The number of aromatic nitrogens is 1. The highest BCUT2D eigenvalue weighted by Gasteiger charge is 2.27. The predicted octanol–water partition coefficient (Wildman–Crippen LogP) is 0.185. The van der Waals surface area contributed by atoms with Gasteiger partial charge in [-0.25, -0.2) is 16.8 Å². The smallest absolute Gasteiger partial charge is 0.243 e. The molecule has 12 heteroatoms. The second-order valence-electron chi connectivity index (χ2n) is 6.91. The van der Waals surface area contributed by atoms with Crippen LogP contribution in [0, 0.1) is 0 Å². The number of carbonyl (C=O) groups is 1. The standard InChI is InChI=1S/C19H24N4O6S2/c1-30(25,26)23(15-19(24)21-14-16-6-8-20-9-7-16)17-2-4-18(5-3-17)31(27,28)22-10-12-29-13-11-22/h2-9H,10-15H2,1H3,(H,21,24). The molecule has 1 aromatic heterocycles. The van der Waals surface area contributed by atoms with Crippen molar-refractivity contribution in [1.82, 2.24) is 14.6 Å². The second kappa shape index (κ2) is 9.73. The number of anilines is 1. The van der Waals surface area contributed by atoms with Crippen molar-refractivity contribution in [3.8, 4) is 0 Å². The van der Waals surface area contributed by atoms with Crippen molar-refractivity contribution >= 4 is 31.6 Å². The van der Waals surface area contributed by atoms with Crippen LogP contribution in [-0.2, 0) is 36.1 Å². The number of amides is 1. The van der Waals surface area contributed by atoms with Gasteiger partial charge in [0.15, 0.2) is 0 Å². The first-order valence-corrected chi connectivity index (χ1v) is 12.8. The highest BCUT2D eigenvalue weighted by atomic mass is 32.2. The van der Waals surface area contributed by atoms with Gasteiger partial charge in [0.1, 0.15) is 6.54 Å². The quantitative estimate of drug-likeness (QED) is 0.586. The molecular formula is C19H24N4O6S2. The molecule has 1 saturated heterocycles. The van der Waals surface area contributed by atoms with Gasteiger partial charge in [-0.05, 0) is 42.0 Å². The van der Waals surface area contributed by atoms with Crippen LogP contribution in [0.3, 0.4) is 0 Å². The van der Waals surface area contributed by atoms with E-state index in [1.165, 1.54) is 28.6 Å². The molecule has 1 N–H and O–H groups in total. The van der Waals surface area contributed by atoms with Crippen LogP contribution < -0.4 is 9.62 Å². The fourth-order valence-corrected chi connectivity index (χ4v) is 5.27. The largest absolute Gasteiger partial charge is 0.379 e. The molecule has 1 amide bonds.